The molecule has 0 amide bonds. The maximum atomic E-state index is 11.6. The first-order chi connectivity index (χ1) is 21.4. The second kappa shape index (κ2) is 13.5. The van der Waals surface area contributed by atoms with Crippen LogP contribution in [0, 0.1) is 0 Å². The third kappa shape index (κ3) is 6.20. The predicted molar refractivity (Wildman–Crippen MR) is 168 cm³/mol. The molecule has 0 aromatic heterocycles. The summed E-state index contributed by atoms with van der Waals surface area (Å²) in [5.74, 6) is 0.302. The molecule has 0 radical (unpaired) electrons. The lowest BCUT2D eigenvalue weighted by molar-refractivity contribution is -0.141. The van der Waals surface area contributed by atoms with E-state index >= 15 is 0 Å². The molecule has 7 nitrogen and oxygen atoms in total. The summed E-state index contributed by atoms with van der Waals surface area (Å²) >= 11 is 0. The van der Waals surface area contributed by atoms with E-state index in [9.17, 15) is 19.8 Å². The molecule has 4 aromatic rings. The van der Waals surface area contributed by atoms with Crippen LogP contribution in [-0.2, 0) is 19.7 Å². The number of aliphatic hydroxyl groups is 2. The van der Waals surface area contributed by atoms with Crippen molar-refractivity contribution in [1.82, 2.24) is 0 Å². The van der Waals surface area contributed by atoms with Gasteiger partial charge in [0.2, 0.25) is 0 Å². The molecule has 5 rings (SSSR count). The van der Waals surface area contributed by atoms with Crippen molar-refractivity contribution >= 4 is 11.8 Å². The summed E-state index contributed by atoms with van der Waals surface area (Å²) < 4.78 is 16.5. The lowest BCUT2D eigenvalue weighted by Gasteiger charge is -2.34. The maximum Gasteiger partial charge on any atom is 0.330 e. The van der Waals surface area contributed by atoms with E-state index in [1.165, 1.54) is 6.08 Å². The Morgan fingerprint density at radius 3 is 1.61 bits per heavy atom. The van der Waals surface area contributed by atoms with E-state index in [1.54, 1.807) is 0 Å². The lowest BCUT2D eigenvalue weighted by Crippen LogP contribution is -2.28. The van der Waals surface area contributed by atoms with Crippen LogP contribution >= 0.6 is 0 Å². The highest BCUT2D eigenvalue weighted by molar-refractivity contribution is 5.89. The van der Waals surface area contributed by atoms with Gasteiger partial charge in [-0.3, -0.25) is 4.79 Å². The van der Waals surface area contributed by atoms with E-state index in [4.69, 9.17) is 14.2 Å². The standard InChI is InChI=1S/C37H34O7/c1-3-27(38)21-28(39)22-42-30-17-13-25(14-18-30)37(34-11-7-5-9-32(34)33-10-6-8-12-35(33)37)26-15-19-31(20-16-26)43-23-29(40)24-44-36(41)4-2/h3-20,28-29,39-40H,1-2,21-24H2. The predicted octanol–water partition coefficient (Wildman–Crippen LogP) is 5.40. The Labute approximate surface area is 256 Å². The second-order valence-electron chi connectivity index (χ2n) is 10.5. The quantitative estimate of drug-likeness (QED) is 0.132. The summed E-state index contributed by atoms with van der Waals surface area (Å²) in [6, 6.07) is 32.3. The van der Waals surface area contributed by atoms with Gasteiger partial charge in [0.25, 0.3) is 0 Å². The minimum atomic E-state index is -0.983. The minimum absolute atomic E-state index is 0.0113. The zero-order valence-corrected chi connectivity index (χ0v) is 24.2. The summed E-state index contributed by atoms with van der Waals surface area (Å²) in [6.07, 6.45) is 0.286. The lowest BCUT2D eigenvalue weighted by atomic mass is 9.68. The van der Waals surface area contributed by atoms with Crippen molar-refractivity contribution in [1.29, 1.82) is 0 Å². The van der Waals surface area contributed by atoms with Crippen LogP contribution in [0.5, 0.6) is 11.5 Å². The Hall–Kier alpha value is -4.98. The number of fused-ring (bicyclic) bond motifs is 3. The summed E-state index contributed by atoms with van der Waals surface area (Å²) in [4.78, 5) is 22.8. The fraction of sp³-hybridized carbons (Fsp3) is 0.189. The molecule has 2 atom stereocenters. The minimum Gasteiger partial charge on any atom is -0.491 e. The first-order valence-corrected chi connectivity index (χ1v) is 14.3. The zero-order chi connectivity index (χ0) is 31.1. The number of ketones is 1. The van der Waals surface area contributed by atoms with Gasteiger partial charge in [0.15, 0.2) is 5.78 Å². The molecule has 2 N–H and O–H groups in total. The summed E-state index contributed by atoms with van der Waals surface area (Å²) in [5, 5.41) is 20.3. The van der Waals surface area contributed by atoms with E-state index < -0.39 is 23.6 Å². The maximum absolute atomic E-state index is 11.6. The van der Waals surface area contributed by atoms with E-state index in [0.29, 0.717) is 11.5 Å². The number of esters is 1. The Morgan fingerprint density at radius 2 is 1.14 bits per heavy atom. The van der Waals surface area contributed by atoms with E-state index in [0.717, 1.165) is 39.5 Å². The van der Waals surface area contributed by atoms with Crippen LogP contribution in [0.2, 0.25) is 0 Å². The van der Waals surface area contributed by atoms with Crippen LogP contribution in [0.3, 0.4) is 0 Å². The Kier molecular flexibility index (Phi) is 9.38. The number of aliphatic hydroxyl groups excluding tert-OH is 2. The fourth-order valence-corrected chi connectivity index (χ4v) is 5.67. The molecule has 0 fully saturated rings. The molecule has 0 bridgehead atoms. The van der Waals surface area contributed by atoms with Crippen LogP contribution in [0.1, 0.15) is 28.7 Å². The molecular formula is C37H34O7. The van der Waals surface area contributed by atoms with Gasteiger partial charge in [-0.1, -0.05) is 86.0 Å². The van der Waals surface area contributed by atoms with Gasteiger partial charge < -0.3 is 24.4 Å². The van der Waals surface area contributed by atoms with Crippen LogP contribution < -0.4 is 9.47 Å². The molecule has 1 aliphatic carbocycles. The number of hydrogen-bond acceptors (Lipinski definition) is 7. The number of rotatable bonds is 14. The Morgan fingerprint density at radius 1 is 0.659 bits per heavy atom. The molecule has 0 aliphatic heterocycles. The highest BCUT2D eigenvalue weighted by Crippen LogP contribution is 2.56. The van der Waals surface area contributed by atoms with Gasteiger partial charge in [-0.05, 0) is 63.7 Å². The summed E-state index contributed by atoms with van der Waals surface area (Å²) in [7, 11) is 0. The molecule has 0 heterocycles. The number of carbonyl (C=O) groups excluding carboxylic acids is 2. The third-order valence-corrected chi connectivity index (χ3v) is 7.66. The zero-order valence-electron chi connectivity index (χ0n) is 24.2. The van der Waals surface area contributed by atoms with Gasteiger partial charge in [-0.25, -0.2) is 4.79 Å². The van der Waals surface area contributed by atoms with Gasteiger partial charge in [0.1, 0.15) is 37.4 Å². The summed E-state index contributed by atoms with van der Waals surface area (Å²) in [5.41, 5.74) is 5.99. The molecular weight excluding hydrogens is 556 g/mol. The smallest absolute Gasteiger partial charge is 0.330 e. The molecule has 0 spiro atoms. The highest BCUT2D eigenvalue weighted by Gasteiger charge is 2.45. The van der Waals surface area contributed by atoms with Crippen LogP contribution in [-0.4, -0.2) is 54.0 Å². The SMILES string of the molecule is C=CC(=O)CC(O)COc1ccc(C2(c3ccc(OCC(O)COC(=O)C=C)cc3)c3ccccc3-c3ccccc32)cc1. The fourth-order valence-electron chi connectivity index (χ4n) is 5.67. The molecule has 44 heavy (non-hydrogen) atoms. The average Bonchev–Trinajstić information content (AvgIpc) is 3.37. The molecule has 7 heteroatoms. The second-order valence-corrected chi connectivity index (χ2v) is 10.5. The van der Waals surface area contributed by atoms with Gasteiger partial charge in [-0.15, -0.1) is 0 Å². The number of allylic oxidation sites excluding steroid dienone is 1. The van der Waals surface area contributed by atoms with E-state index in [1.807, 2.05) is 72.8 Å². The van der Waals surface area contributed by atoms with E-state index in [-0.39, 0.29) is 32.0 Å². The van der Waals surface area contributed by atoms with Crippen molar-refractivity contribution < 1.29 is 34.0 Å². The third-order valence-electron chi connectivity index (χ3n) is 7.66. The number of hydrogen-bond donors (Lipinski definition) is 2. The van der Waals surface area contributed by atoms with Crippen molar-refractivity contribution in [2.45, 2.75) is 24.0 Å². The highest BCUT2D eigenvalue weighted by atomic mass is 16.5. The monoisotopic (exact) mass is 590 g/mol. The van der Waals surface area contributed by atoms with Gasteiger partial charge in [0.05, 0.1) is 11.5 Å². The van der Waals surface area contributed by atoms with Crippen LogP contribution in [0.4, 0.5) is 0 Å². The normalized spacial score (nSPS) is 14.0. The largest absolute Gasteiger partial charge is 0.491 e. The van der Waals surface area contributed by atoms with Gasteiger partial charge in [0, 0.05) is 12.5 Å². The van der Waals surface area contributed by atoms with Crippen molar-refractivity contribution in [3.05, 3.63) is 145 Å². The number of ether oxygens (including phenoxy) is 3. The van der Waals surface area contributed by atoms with Crippen molar-refractivity contribution in [2.75, 3.05) is 19.8 Å². The topological polar surface area (TPSA) is 102 Å². The first-order valence-electron chi connectivity index (χ1n) is 14.3. The molecule has 224 valence electrons. The Balaban J connectivity index is 1.46. The number of carbonyl (C=O) groups is 2. The van der Waals surface area contributed by atoms with Crippen molar-refractivity contribution in [3.63, 3.8) is 0 Å². The summed E-state index contributed by atoms with van der Waals surface area (Å²) in [6.45, 7) is 6.54. The molecule has 0 saturated carbocycles. The van der Waals surface area contributed by atoms with Gasteiger partial charge >= 0.3 is 5.97 Å². The number of benzene rings is 4. The molecule has 1 aliphatic rings. The Bertz CT molecular complexity index is 1590. The molecule has 2 unspecified atom stereocenters. The van der Waals surface area contributed by atoms with E-state index in [2.05, 4.69) is 37.4 Å². The van der Waals surface area contributed by atoms with Crippen molar-refractivity contribution in [3.8, 4) is 22.6 Å². The van der Waals surface area contributed by atoms with Crippen molar-refractivity contribution in [2.24, 2.45) is 0 Å². The molecule has 4 aromatic carbocycles. The van der Waals surface area contributed by atoms with Crippen LogP contribution in [0.25, 0.3) is 11.1 Å². The average molecular weight is 591 g/mol. The molecule has 0 saturated heterocycles. The van der Waals surface area contributed by atoms with Gasteiger partial charge in [-0.2, -0.15) is 0 Å². The van der Waals surface area contributed by atoms with Crippen LogP contribution in [0.15, 0.2) is 122 Å². The first kappa shape index (κ1) is 30.5.